The van der Waals surface area contributed by atoms with Gasteiger partial charge in [-0.2, -0.15) is 0 Å². The molecular weight excluding hydrogens is 925 g/mol. The van der Waals surface area contributed by atoms with E-state index in [0.29, 0.717) is 12.8 Å². The Morgan fingerprint density at radius 2 is 0.520 bits per heavy atom. The summed E-state index contributed by atoms with van der Waals surface area (Å²) in [6.45, 7) is 6.30. The molecule has 1 atom stereocenters. The summed E-state index contributed by atoms with van der Waals surface area (Å²) in [6.07, 6.45) is 89.5. The molecule has 0 N–H and O–H groups in total. The van der Waals surface area contributed by atoms with Crippen molar-refractivity contribution in [1.29, 1.82) is 0 Å². The van der Waals surface area contributed by atoms with Crippen molar-refractivity contribution in [2.24, 2.45) is 0 Å². The minimum atomic E-state index is -0.830. The standard InChI is InChI=1S/C69H108O6/c1-4-7-10-13-16-19-22-25-28-30-32-34-36-38-41-44-47-50-53-56-59-62-68(71)74-65-66(64-73-67(70)61-58-55-52-49-46-43-40-27-24-21-18-15-12-9-6-3)75-69(72)63-60-57-54-51-48-45-42-39-37-35-33-31-29-26-23-20-17-14-11-8-5-2/h7,9-10,12,16,18-19,21,23,25-28,31-34,37-41,46-47,49-50,66H,4-6,8,11,13-15,17,20,22,24,29-30,35-36,42-45,48,51-65H2,1-3H3/b10-7-,12-9-,19-16-,21-18-,26-23-,28-25-,33-31-,34-32-,39-37-,40-27-,41-38-,49-46-,50-47-. The zero-order chi connectivity index (χ0) is 54.3. The first-order chi connectivity index (χ1) is 37.0. The number of carbonyl (C=O) groups excluding carboxylic acids is 3. The van der Waals surface area contributed by atoms with Crippen LogP contribution in [0.25, 0.3) is 0 Å². The normalized spacial score (nSPS) is 13.3. The molecule has 0 aromatic heterocycles. The van der Waals surface area contributed by atoms with Crippen molar-refractivity contribution < 1.29 is 28.6 Å². The minimum Gasteiger partial charge on any atom is -0.462 e. The number of hydrogen-bond donors (Lipinski definition) is 0. The monoisotopic (exact) mass is 1030 g/mol. The quantitative estimate of drug-likeness (QED) is 0.0261. The van der Waals surface area contributed by atoms with Crippen molar-refractivity contribution in [1.82, 2.24) is 0 Å². The van der Waals surface area contributed by atoms with Crippen LogP contribution in [0, 0.1) is 0 Å². The molecule has 420 valence electrons. The highest BCUT2D eigenvalue weighted by atomic mass is 16.6. The molecule has 0 aliphatic heterocycles. The van der Waals surface area contributed by atoms with E-state index in [-0.39, 0.29) is 50.4 Å². The van der Waals surface area contributed by atoms with Gasteiger partial charge in [0.1, 0.15) is 13.2 Å². The maximum Gasteiger partial charge on any atom is 0.306 e. The Hall–Kier alpha value is -4.97. The van der Waals surface area contributed by atoms with Crippen LogP contribution in [-0.4, -0.2) is 37.2 Å². The van der Waals surface area contributed by atoms with Crippen molar-refractivity contribution in [2.75, 3.05) is 13.2 Å². The summed E-state index contributed by atoms with van der Waals surface area (Å²) in [5, 5.41) is 0. The van der Waals surface area contributed by atoms with Crippen LogP contribution in [0.1, 0.15) is 239 Å². The number of hydrogen-bond acceptors (Lipinski definition) is 6. The zero-order valence-electron chi connectivity index (χ0n) is 48.0. The van der Waals surface area contributed by atoms with Gasteiger partial charge in [0.05, 0.1) is 0 Å². The molecule has 0 heterocycles. The fourth-order valence-electron chi connectivity index (χ4n) is 7.56. The van der Waals surface area contributed by atoms with E-state index in [1.807, 2.05) is 0 Å². The maximum atomic E-state index is 12.9. The highest BCUT2D eigenvalue weighted by Crippen LogP contribution is 2.13. The molecule has 0 saturated heterocycles. The average molecular weight is 1030 g/mol. The first kappa shape index (κ1) is 70.0. The second-order valence-electron chi connectivity index (χ2n) is 19.1. The molecule has 0 rings (SSSR count). The highest BCUT2D eigenvalue weighted by Gasteiger charge is 2.19. The highest BCUT2D eigenvalue weighted by molar-refractivity contribution is 5.71. The van der Waals surface area contributed by atoms with Gasteiger partial charge in [-0.25, -0.2) is 0 Å². The zero-order valence-corrected chi connectivity index (χ0v) is 48.0. The lowest BCUT2D eigenvalue weighted by molar-refractivity contribution is -0.167. The number of unbranched alkanes of at least 4 members (excludes halogenated alkanes) is 15. The van der Waals surface area contributed by atoms with Gasteiger partial charge in [0.15, 0.2) is 6.10 Å². The molecule has 6 nitrogen and oxygen atoms in total. The molecule has 0 aromatic carbocycles. The van der Waals surface area contributed by atoms with E-state index in [1.54, 1.807) is 0 Å². The van der Waals surface area contributed by atoms with E-state index in [0.717, 1.165) is 135 Å². The molecule has 0 spiro atoms. The summed E-state index contributed by atoms with van der Waals surface area (Å²) in [7, 11) is 0. The maximum absolute atomic E-state index is 12.9. The molecule has 0 bridgehead atoms. The van der Waals surface area contributed by atoms with Gasteiger partial charge in [-0.3, -0.25) is 14.4 Å². The van der Waals surface area contributed by atoms with Gasteiger partial charge in [0.25, 0.3) is 0 Å². The van der Waals surface area contributed by atoms with Crippen LogP contribution >= 0.6 is 0 Å². The van der Waals surface area contributed by atoms with Crippen LogP contribution in [0.5, 0.6) is 0 Å². The van der Waals surface area contributed by atoms with E-state index in [2.05, 4.69) is 179 Å². The van der Waals surface area contributed by atoms with Crippen LogP contribution in [0.2, 0.25) is 0 Å². The van der Waals surface area contributed by atoms with Gasteiger partial charge >= 0.3 is 17.9 Å². The summed E-state index contributed by atoms with van der Waals surface area (Å²) in [6, 6.07) is 0. The average Bonchev–Trinajstić information content (AvgIpc) is 3.41. The van der Waals surface area contributed by atoms with E-state index in [1.165, 1.54) is 51.4 Å². The molecule has 6 heteroatoms. The van der Waals surface area contributed by atoms with Crippen LogP contribution in [0.3, 0.4) is 0 Å². The van der Waals surface area contributed by atoms with E-state index >= 15 is 0 Å². The smallest absolute Gasteiger partial charge is 0.306 e. The molecule has 0 fully saturated rings. The fraction of sp³-hybridized carbons (Fsp3) is 0.580. The van der Waals surface area contributed by atoms with Crippen molar-refractivity contribution in [3.05, 3.63) is 158 Å². The van der Waals surface area contributed by atoms with Crippen LogP contribution in [-0.2, 0) is 28.6 Å². The Morgan fingerprint density at radius 3 is 0.840 bits per heavy atom. The number of ether oxygens (including phenoxy) is 3. The molecule has 1 unspecified atom stereocenters. The van der Waals surface area contributed by atoms with Gasteiger partial charge in [-0.05, 0) is 148 Å². The van der Waals surface area contributed by atoms with Crippen molar-refractivity contribution in [2.45, 2.75) is 245 Å². The van der Waals surface area contributed by atoms with Crippen molar-refractivity contribution in [3.8, 4) is 0 Å². The molecule has 0 radical (unpaired) electrons. The van der Waals surface area contributed by atoms with E-state index < -0.39 is 6.10 Å². The van der Waals surface area contributed by atoms with Gasteiger partial charge < -0.3 is 14.2 Å². The molecule has 0 aliphatic carbocycles. The number of rotatable bonds is 52. The van der Waals surface area contributed by atoms with Gasteiger partial charge in [0.2, 0.25) is 0 Å². The topological polar surface area (TPSA) is 78.9 Å². The SMILES string of the molecule is CC/C=C\C/C=C\C/C=C\C/C=C\C/C=C\C/C=C\CCCCC(=O)OCC(COC(=O)CCCC/C=C\C/C=C\C/C=C\C/C=C\CC)OC(=O)CCCCCCCC/C=C\C/C=C\C/C=C\CCCCCCC. The summed E-state index contributed by atoms with van der Waals surface area (Å²) < 4.78 is 16.8. The Labute approximate surface area is 460 Å². The Balaban J connectivity index is 4.57. The third kappa shape index (κ3) is 59.8. The second kappa shape index (κ2) is 61.6. The van der Waals surface area contributed by atoms with Crippen LogP contribution in [0.15, 0.2) is 158 Å². The fourth-order valence-corrected chi connectivity index (χ4v) is 7.56. The van der Waals surface area contributed by atoms with E-state index in [4.69, 9.17) is 14.2 Å². The molecule has 0 saturated carbocycles. The lowest BCUT2D eigenvalue weighted by Gasteiger charge is -2.18. The first-order valence-electron chi connectivity index (χ1n) is 30.0. The molecule has 0 aliphatic rings. The predicted molar refractivity (Wildman–Crippen MR) is 325 cm³/mol. The Morgan fingerprint density at radius 1 is 0.280 bits per heavy atom. The predicted octanol–water partition coefficient (Wildman–Crippen LogP) is 20.5. The van der Waals surface area contributed by atoms with Gasteiger partial charge in [-0.15, -0.1) is 0 Å². The van der Waals surface area contributed by atoms with Crippen LogP contribution in [0.4, 0.5) is 0 Å². The van der Waals surface area contributed by atoms with Crippen molar-refractivity contribution >= 4 is 17.9 Å². The third-order valence-corrected chi connectivity index (χ3v) is 12.0. The third-order valence-electron chi connectivity index (χ3n) is 12.0. The number of allylic oxidation sites excluding steroid dienone is 26. The summed E-state index contributed by atoms with van der Waals surface area (Å²) in [4.78, 5) is 38.2. The lowest BCUT2D eigenvalue weighted by Crippen LogP contribution is -2.30. The summed E-state index contributed by atoms with van der Waals surface area (Å²) in [5.41, 5.74) is 0. The molecule has 0 amide bonds. The number of carbonyl (C=O) groups is 3. The largest absolute Gasteiger partial charge is 0.462 e. The lowest BCUT2D eigenvalue weighted by atomic mass is 10.1. The summed E-state index contributed by atoms with van der Waals surface area (Å²) >= 11 is 0. The Bertz CT molecular complexity index is 1710. The van der Waals surface area contributed by atoms with Gasteiger partial charge in [0, 0.05) is 19.3 Å². The Kier molecular flexibility index (Phi) is 57.5. The van der Waals surface area contributed by atoms with Crippen LogP contribution < -0.4 is 0 Å². The van der Waals surface area contributed by atoms with E-state index in [9.17, 15) is 14.4 Å². The molecular formula is C69H108O6. The van der Waals surface area contributed by atoms with Crippen molar-refractivity contribution in [3.63, 3.8) is 0 Å². The summed E-state index contributed by atoms with van der Waals surface area (Å²) in [5.74, 6) is -1.03. The minimum absolute atomic E-state index is 0.126. The van der Waals surface area contributed by atoms with Gasteiger partial charge in [-0.1, -0.05) is 230 Å². The number of esters is 3. The first-order valence-corrected chi connectivity index (χ1v) is 30.0. The second-order valence-corrected chi connectivity index (χ2v) is 19.1. The molecule has 0 aromatic rings. The molecule has 75 heavy (non-hydrogen) atoms.